The lowest BCUT2D eigenvalue weighted by Crippen LogP contribution is -2.28. The molecule has 1 N–H and O–H groups in total. The number of allylic oxidation sites excluding steroid dienone is 2. The van der Waals surface area contributed by atoms with Gasteiger partial charge in [-0.15, -0.1) is 0 Å². The Balaban J connectivity index is 2.31. The van der Waals surface area contributed by atoms with E-state index in [1.807, 2.05) is 6.08 Å². The number of carbonyl (C=O) groups is 1. The summed E-state index contributed by atoms with van der Waals surface area (Å²) in [6.07, 6.45) is 6.66. The molecule has 1 amide bonds. The van der Waals surface area contributed by atoms with Gasteiger partial charge in [0.25, 0.3) is 3.12 Å². The second-order valence-corrected chi connectivity index (χ2v) is 6.97. The summed E-state index contributed by atoms with van der Waals surface area (Å²) >= 11 is 17.3. The molecule has 0 saturated carbocycles. The molecule has 6 heteroatoms. The van der Waals surface area contributed by atoms with E-state index in [2.05, 4.69) is 10.8 Å². The normalized spacial score (nSPS) is 22.1. The van der Waals surface area contributed by atoms with Crippen LogP contribution in [0, 0.1) is 5.92 Å². The average Bonchev–Trinajstić information content (AvgIpc) is 2.14. The maximum absolute atomic E-state index is 11.5. The van der Waals surface area contributed by atoms with Crippen LogP contribution in [0.1, 0.15) is 19.3 Å². The van der Waals surface area contributed by atoms with Crippen molar-refractivity contribution in [1.29, 1.82) is 0 Å². The number of nitrogens with one attached hydrogen (secondary N) is 1. The van der Waals surface area contributed by atoms with Crippen molar-refractivity contribution in [2.75, 3.05) is 0 Å². The highest BCUT2D eigenvalue weighted by Crippen LogP contribution is 2.37. The highest BCUT2D eigenvalue weighted by atomic mass is 35.6. The lowest BCUT2D eigenvalue weighted by molar-refractivity contribution is -0.123. The first kappa shape index (κ1) is 12.5. The van der Waals surface area contributed by atoms with E-state index in [9.17, 15) is 4.79 Å². The van der Waals surface area contributed by atoms with Crippen LogP contribution in [0.2, 0.25) is 0 Å². The molecule has 0 heterocycles. The van der Waals surface area contributed by atoms with Crippen LogP contribution in [-0.4, -0.2) is 9.03 Å². The molecule has 2 nitrogen and oxygen atoms in total. The molecule has 0 saturated heterocycles. The van der Waals surface area contributed by atoms with Gasteiger partial charge in [-0.05, 0) is 19.3 Å². The monoisotopic (exact) mass is 273 g/mol. The van der Waals surface area contributed by atoms with Gasteiger partial charge in [0, 0.05) is 17.9 Å². The third kappa shape index (κ3) is 4.78. The van der Waals surface area contributed by atoms with E-state index in [1.54, 1.807) is 0 Å². The molecule has 0 aromatic carbocycles. The Morgan fingerprint density at radius 3 is 2.64 bits per heavy atom. The summed E-state index contributed by atoms with van der Waals surface area (Å²) in [6.45, 7) is 0. The van der Waals surface area contributed by atoms with Gasteiger partial charge in [-0.3, -0.25) is 9.52 Å². The molecule has 0 aromatic rings. The van der Waals surface area contributed by atoms with Crippen LogP contribution < -0.4 is 4.72 Å². The van der Waals surface area contributed by atoms with E-state index < -0.39 is 3.12 Å². The minimum Gasteiger partial charge on any atom is -0.296 e. The number of amides is 1. The largest absolute Gasteiger partial charge is 0.296 e. The third-order valence-corrected chi connectivity index (χ3v) is 3.14. The Morgan fingerprint density at radius 1 is 1.43 bits per heavy atom. The molecule has 0 fully saturated rings. The summed E-state index contributed by atoms with van der Waals surface area (Å²) in [6, 6.07) is 0. The Kier molecular flexibility index (Phi) is 4.91. The summed E-state index contributed by atoms with van der Waals surface area (Å²) in [7, 11) is 0. The molecule has 0 bridgehead atoms. The number of alkyl halides is 3. The van der Waals surface area contributed by atoms with E-state index >= 15 is 0 Å². The fourth-order valence-electron chi connectivity index (χ4n) is 1.22. The minimum atomic E-state index is -1.49. The van der Waals surface area contributed by atoms with Gasteiger partial charge in [0.2, 0.25) is 5.91 Å². The molecule has 1 aliphatic carbocycles. The van der Waals surface area contributed by atoms with E-state index in [4.69, 9.17) is 34.8 Å². The van der Waals surface area contributed by atoms with Crippen LogP contribution in [0.3, 0.4) is 0 Å². The SMILES string of the molecule is O=C(NSC(Cl)(Cl)Cl)C1CC=CCC1. The molecule has 1 rings (SSSR count). The number of hydrogen-bond donors (Lipinski definition) is 1. The smallest absolute Gasteiger partial charge is 0.256 e. The lowest BCUT2D eigenvalue weighted by Gasteiger charge is -2.18. The van der Waals surface area contributed by atoms with Crippen LogP contribution in [0.15, 0.2) is 12.2 Å². The van der Waals surface area contributed by atoms with Crippen LogP contribution in [-0.2, 0) is 4.79 Å². The third-order valence-electron chi connectivity index (χ3n) is 1.91. The fourth-order valence-corrected chi connectivity index (χ4v) is 1.95. The summed E-state index contributed by atoms with van der Waals surface area (Å²) in [5.74, 6) is -0.0504. The predicted molar refractivity (Wildman–Crippen MR) is 62.5 cm³/mol. The zero-order valence-electron chi connectivity index (χ0n) is 7.30. The van der Waals surface area contributed by atoms with Gasteiger partial charge in [0.1, 0.15) is 0 Å². The fraction of sp³-hybridized carbons (Fsp3) is 0.625. The lowest BCUT2D eigenvalue weighted by atomic mass is 9.94. The molecule has 80 valence electrons. The summed E-state index contributed by atoms with van der Waals surface area (Å²) < 4.78 is 1.05. The standard InChI is InChI=1S/C8H10Cl3NOS/c9-8(10,11)14-12-7(13)6-4-2-1-3-5-6/h1-2,6H,3-5H2,(H,12,13). The summed E-state index contributed by atoms with van der Waals surface area (Å²) in [5, 5.41) is 0. The minimum absolute atomic E-state index is 0.0137. The first-order valence-corrected chi connectivity index (χ1v) is 6.13. The molecule has 0 radical (unpaired) electrons. The number of halogens is 3. The zero-order valence-corrected chi connectivity index (χ0v) is 10.4. The van der Waals surface area contributed by atoms with Crippen molar-refractivity contribution in [3.63, 3.8) is 0 Å². The number of rotatable bonds is 2. The van der Waals surface area contributed by atoms with Crippen molar-refractivity contribution in [3.8, 4) is 0 Å². The van der Waals surface area contributed by atoms with E-state index in [0.29, 0.717) is 0 Å². The summed E-state index contributed by atoms with van der Waals surface area (Å²) in [5.41, 5.74) is 0. The van der Waals surface area contributed by atoms with Gasteiger partial charge in [-0.2, -0.15) is 0 Å². The van der Waals surface area contributed by atoms with Crippen molar-refractivity contribution in [1.82, 2.24) is 4.72 Å². The van der Waals surface area contributed by atoms with Crippen molar-refractivity contribution >= 4 is 52.7 Å². The van der Waals surface area contributed by atoms with Crippen molar-refractivity contribution in [2.24, 2.45) is 5.92 Å². The van der Waals surface area contributed by atoms with Gasteiger partial charge >= 0.3 is 0 Å². The highest BCUT2D eigenvalue weighted by Gasteiger charge is 2.25. The summed E-state index contributed by atoms with van der Waals surface area (Å²) in [4.78, 5) is 11.5. The van der Waals surface area contributed by atoms with Gasteiger partial charge in [-0.25, -0.2) is 0 Å². The first-order valence-electron chi connectivity index (χ1n) is 4.18. The van der Waals surface area contributed by atoms with Crippen LogP contribution in [0.25, 0.3) is 0 Å². The topological polar surface area (TPSA) is 29.1 Å². The zero-order chi connectivity index (χ0) is 10.6. The number of hydrogen-bond acceptors (Lipinski definition) is 2. The molecule has 0 aliphatic heterocycles. The predicted octanol–water partition coefficient (Wildman–Crippen LogP) is 3.43. The Hall–Kier alpha value is 0.430. The highest BCUT2D eigenvalue weighted by molar-refractivity contribution is 8.03. The molecular formula is C8H10Cl3NOS. The molecule has 0 spiro atoms. The van der Waals surface area contributed by atoms with Gasteiger partial charge in [0.15, 0.2) is 0 Å². The first-order chi connectivity index (χ1) is 6.49. The van der Waals surface area contributed by atoms with Gasteiger partial charge < -0.3 is 0 Å². The molecule has 1 atom stereocenters. The van der Waals surface area contributed by atoms with Gasteiger partial charge in [0.05, 0.1) is 0 Å². The van der Waals surface area contributed by atoms with Gasteiger partial charge in [-0.1, -0.05) is 47.0 Å². The van der Waals surface area contributed by atoms with Crippen molar-refractivity contribution < 1.29 is 4.79 Å². The Bertz CT molecular complexity index is 239. The Labute approximate surface area is 102 Å². The molecule has 14 heavy (non-hydrogen) atoms. The number of carbonyl (C=O) groups excluding carboxylic acids is 1. The average molecular weight is 275 g/mol. The molecule has 1 unspecified atom stereocenters. The second kappa shape index (κ2) is 5.50. The molecule has 0 aromatic heterocycles. The molecule has 1 aliphatic rings. The Morgan fingerprint density at radius 2 is 2.14 bits per heavy atom. The van der Waals surface area contributed by atoms with E-state index in [1.165, 1.54) is 0 Å². The maximum atomic E-state index is 11.5. The van der Waals surface area contributed by atoms with Crippen LogP contribution in [0.4, 0.5) is 0 Å². The second-order valence-electron chi connectivity index (χ2n) is 3.00. The van der Waals surface area contributed by atoms with Crippen LogP contribution in [0.5, 0.6) is 0 Å². The molecular weight excluding hydrogens is 265 g/mol. The van der Waals surface area contributed by atoms with E-state index in [0.717, 1.165) is 31.2 Å². The van der Waals surface area contributed by atoms with Crippen molar-refractivity contribution in [2.45, 2.75) is 22.4 Å². The van der Waals surface area contributed by atoms with E-state index in [-0.39, 0.29) is 11.8 Å². The quantitative estimate of drug-likeness (QED) is 0.475. The van der Waals surface area contributed by atoms with Crippen LogP contribution >= 0.6 is 46.8 Å². The maximum Gasteiger partial charge on any atom is 0.256 e. The van der Waals surface area contributed by atoms with Crippen molar-refractivity contribution in [3.05, 3.63) is 12.2 Å².